The summed E-state index contributed by atoms with van der Waals surface area (Å²) >= 11 is 9.18. The van der Waals surface area contributed by atoms with Crippen molar-refractivity contribution in [2.45, 2.75) is 23.1 Å². The van der Waals surface area contributed by atoms with Crippen LogP contribution in [0.5, 0.6) is 0 Å². The molecule has 3 rings (SSSR count). The fraction of sp³-hybridized carbons (Fsp3) is 0.133. The van der Waals surface area contributed by atoms with E-state index in [2.05, 4.69) is 11.1 Å². The smallest absolute Gasteiger partial charge is 0.163 e. The van der Waals surface area contributed by atoms with Crippen molar-refractivity contribution in [3.8, 4) is 0 Å². The Balaban J connectivity index is 0.00000192. The summed E-state index contributed by atoms with van der Waals surface area (Å²) in [5.41, 5.74) is 2.83. The van der Waals surface area contributed by atoms with Gasteiger partial charge in [0.25, 0.3) is 0 Å². The number of aromatic nitrogens is 1. The van der Waals surface area contributed by atoms with Crippen LogP contribution in [-0.2, 0) is 32.7 Å². The van der Waals surface area contributed by atoms with E-state index < -0.39 is 4.92 Å². The van der Waals surface area contributed by atoms with Gasteiger partial charge in [-0.25, -0.2) is 4.98 Å². The topological polar surface area (TPSA) is 56.0 Å². The molecule has 0 unspecified atom stereocenters. The van der Waals surface area contributed by atoms with Crippen molar-refractivity contribution in [1.29, 1.82) is 0 Å². The molecule has 3 aromatic rings. The van der Waals surface area contributed by atoms with E-state index in [1.165, 1.54) is 29.2 Å². The predicted molar refractivity (Wildman–Crippen MR) is 90.2 cm³/mol. The summed E-state index contributed by atoms with van der Waals surface area (Å²) in [6.07, 6.45) is 0. The molecule has 8 heteroatoms. The van der Waals surface area contributed by atoms with E-state index in [1.54, 1.807) is 6.07 Å². The average Bonchev–Trinajstić information content (AvgIpc) is 2.90. The van der Waals surface area contributed by atoms with Crippen LogP contribution in [0.3, 0.4) is 0 Å². The number of hydrogen-bond donors (Lipinski definition) is 0. The van der Waals surface area contributed by atoms with E-state index in [0.29, 0.717) is 5.02 Å². The van der Waals surface area contributed by atoms with E-state index >= 15 is 0 Å². The van der Waals surface area contributed by atoms with Crippen LogP contribution in [0.4, 0.5) is 5.69 Å². The van der Waals surface area contributed by atoms with Crippen LogP contribution >= 0.6 is 34.7 Å². The quantitative estimate of drug-likeness (QED) is 0.311. The molecule has 1 heterocycles. The molecule has 0 aliphatic rings. The maximum absolute atomic E-state index is 10.8. The second-order valence-electron chi connectivity index (χ2n) is 4.75. The molecule has 0 fully saturated rings. The number of rotatable bonds is 3. The fourth-order valence-corrected chi connectivity index (χ4v) is 4.38. The molecule has 23 heavy (non-hydrogen) atoms. The van der Waals surface area contributed by atoms with Crippen molar-refractivity contribution >= 4 is 50.6 Å². The van der Waals surface area contributed by atoms with Gasteiger partial charge >= 0.3 is 0 Å². The van der Waals surface area contributed by atoms with Crippen LogP contribution in [0.2, 0.25) is 5.02 Å². The molecule has 0 spiro atoms. The minimum atomic E-state index is -0.418. The Kier molecular flexibility index (Phi) is 6.19. The van der Waals surface area contributed by atoms with Gasteiger partial charge in [-0.3, -0.25) is 10.1 Å². The van der Waals surface area contributed by atoms with E-state index in [-0.39, 0.29) is 38.4 Å². The molecule has 0 atom stereocenters. The Labute approximate surface area is 171 Å². The van der Waals surface area contributed by atoms with Gasteiger partial charge in [0.15, 0.2) is 10.0 Å². The molecule has 2 aromatic carbocycles. The first-order valence-electron chi connectivity index (χ1n) is 6.36. The number of fused-ring (bicyclic) bond motifs is 1. The third-order valence-corrected chi connectivity index (χ3v) is 5.87. The molecule has 1 radical (unpaired) electrons. The molecule has 0 amide bonds. The van der Waals surface area contributed by atoms with Crippen LogP contribution in [0.25, 0.3) is 10.2 Å². The molecule has 0 saturated carbocycles. The standard InChI is InChI=1S/C15H10ClN2O2S2.Y/c1-8-3-5-11(16)14-13(8)17-15(22-14)21-12-6-4-10(18(19)20)7-9(12)2;/h3-5,7H,1-2H3;/q-1;. The van der Waals surface area contributed by atoms with Crippen LogP contribution in [0.1, 0.15) is 11.1 Å². The predicted octanol–water partition coefficient (Wildman–Crippen LogP) is 5.42. The minimum absolute atomic E-state index is 0. The van der Waals surface area contributed by atoms with E-state index in [1.807, 2.05) is 26.0 Å². The zero-order valence-corrected chi connectivity index (χ0v) is 17.5. The molecule has 0 aliphatic heterocycles. The molecule has 0 bridgehead atoms. The van der Waals surface area contributed by atoms with Crippen molar-refractivity contribution in [2.75, 3.05) is 0 Å². The largest absolute Gasteiger partial charge is 0.270 e. The first-order chi connectivity index (χ1) is 10.5. The second kappa shape index (κ2) is 7.57. The molecular formula is C15H10ClN2O2S2Y-. The van der Waals surface area contributed by atoms with Gasteiger partial charge in [-0.15, -0.1) is 16.9 Å². The first-order valence-corrected chi connectivity index (χ1v) is 8.37. The zero-order valence-electron chi connectivity index (χ0n) is 12.3. The number of nitro groups is 1. The third kappa shape index (κ3) is 3.94. The summed E-state index contributed by atoms with van der Waals surface area (Å²) in [5, 5.41) is 11.5. The van der Waals surface area contributed by atoms with Crippen LogP contribution in [-0.4, -0.2) is 9.91 Å². The van der Waals surface area contributed by atoms with Gasteiger partial charge < -0.3 is 0 Å². The van der Waals surface area contributed by atoms with Gasteiger partial charge in [0.05, 0.1) is 15.2 Å². The number of hydrogen-bond acceptors (Lipinski definition) is 5. The van der Waals surface area contributed by atoms with Gasteiger partial charge in [-0.2, -0.15) is 6.07 Å². The Morgan fingerprint density at radius 3 is 2.70 bits per heavy atom. The number of nitro benzene ring substituents is 1. The van der Waals surface area contributed by atoms with E-state index in [9.17, 15) is 10.1 Å². The Bertz CT molecular complexity index is 860. The SMILES string of the molecule is Cc1cc([N+](=O)[O-])c[c-]c1Sc1nc2c(C)ccc(Cl)c2s1.[Y]. The molecule has 0 saturated heterocycles. The first kappa shape index (κ1) is 18.8. The molecule has 1 aromatic heterocycles. The zero-order chi connectivity index (χ0) is 15.9. The number of aryl methyl sites for hydroxylation is 2. The summed E-state index contributed by atoms with van der Waals surface area (Å²) in [6, 6.07) is 9.72. The van der Waals surface area contributed by atoms with Crippen molar-refractivity contribution in [3.05, 3.63) is 56.6 Å². The van der Waals surface area contributed by atoms with Gasteiger partial charge in [-0.1, -0.05) is 53.4 Å². The van der Waals surface area contributed by atoms with Crippen molar-refractivity contribution in [1.82, 2.24) is 4.98 Å². The summed E-state index contributed by atoms with van der Waals surface area (Å²) in [6.45, 7) is 3.83. The average molecular weight is 439 g/mol. The molecule has 115 valence electrons. The Hall–Kier alpha value is -0.526. The maximum Gasteiger partial charge on any atom is 0.163 e. The van der Waals surface area contributed by atoms with Gasteiger partial charge in [-0.05, 0) is 18.6 Å². The van der Waals surface area contributed by atoms with E-state index in [4.69, 9.17) is 11.6 Å². The molecule has 0 N–H and O–H groups in total. The fourth-order valence-electron chi connectivity index (χ4n) is 2.01. The normalized spacial score (nSPS) is 10.6. The Morgan fingerprint density at radius 1 is 1.35 bits per heavy atom. The van der Waals surface area contributed by atoms with Crippen molar-refractivity contribution < 1.29 is 37.6 Å². The van der Waals surface area contributed by atoms with Gasteiger partial charge in [0, 0.05) is 37.6 Å². The number of non-ortho nitro benzene ring substituents is 1. The van der Waals surface area contributed by atoms with E-state index in [0.717, 1.165) is 30.6 Å². The monoisotopic (exact) mass is 438 g/mol. The third-order valence-electron chi connectivity index (χ3n) is 3.15. The summed E-state index contributed by atoms with van der Waals surface area (Å²) in [5.74, 6) is 0. The molecule has 0 aliphatic carbocycles. The molecule has 4 nitrogen and oxygen atoms in total. The summed E-state index contributed by atoms with van der Waals surface area (Å²) < 4.78 is 1.81. The van der Waals surface area contributed by atoms with Gasteiger partial charge in [0.1, 0.15) is 0 Å². The van der Waals surface area contributed by atoms with Crippen LogP contribution < -0.4 is 0 Å². The molecular weight excluding hydrogens is 429 g/mol. The minimum Gasteiger partial charge on any atom is -0.270 e. The number of nitrogens with zero attached hydrogens (tertiary/aromatic N) is 2. The van der Waals surface area contributed by atoms with Gasteiger partial charge in [0.2, 0.25) is 0 Å². The second-order valence-corrected chi connectivity index (χ2v) is 7.41. The van der Waals surface area contributed by atoms with Crippen LogP contribution in [0.15, 0.2) is 33.5 Å². The number of thiazole rings is 1. The summed E-state index contributed by atoms with van der Waals surface area (Å²) in [7, 11) is 0. The van der Waals surface area contributed by atoms with Crippen LogP contribution in [0, 0.1) is 30.0 Å². The Morgan fingerprint density at radius 2 is 2.09 bits per heavy atom. The van der Waals surface area contributed by atoms with Crippen molar-refractivity contribution in [2.24, 2.45) is 0 Å². The number of benzene rings is 2. The maximum atomic E-state index is 10.8. The van der Waals surface area contributed by atoms with Crippen molar-refractivity contribution in [3.63, 3.8) is 0 Å². The number of halogens is 1. The summed E-state index contributed by atoms with van der Waals surface area (Å²) in [4.78, 5) is 15.8.